The van der Waals surface area contributed by atoms with Crippen LogP contribution < -0.4 is 0 Å². The van der Waals surface area contributed by atoms with Crippen LogP contribution in [0, 0.1) is 5.92 Å². The third kappa shape index (κ3) is 35.1. The molecule has 0 amide bonds. The van der Waals surface area contributed by atoms with Crippen LogP contribution in [-0.2, 0) is 28.5 Å². The number of hydrogen-bond acceptors (Lipinski definition) is 8. The number of rotatable bonds is 38. The molecule has 1 aliphatic heterocycles. The Morgan fingerprint density at radius 3 is 1.67 bits per heavy atom. The maximum absolute atomic E-state index is 13.1. The van der Waals surface area contributed by atoms with Crippen molar-refractivity contribution in [3.8, 4) is 0 Å². The molecule has 0 aliphatic carbocycles. The van der Waals surface area contributed by atoms with Gasteiger partial charge in [-0.25, -0.2) is 9.59 Å². The highest BCUT2D eigenvalue weighted by Gasteiger charge is 2.19. The van der Waals surface area contributed by atoms with E-state index in [0.29, 0.717) is 13.0 Å². The summed E-state index contributed by atoms with van der Waals surface area (Å²) >= 11 is 0. The van der Waals surface area contributed by atoms with E-state index in [0.717, 1.165) is 102 Å². The van der Waals surface area contributed by atoms with Crippen molar-refractivity contribution in [1.29, 1.82) is 0 Å². The van der Waals surface area contributed by atoms with Gasteiger partial charge >= 0.3 is 18.1 Å². The second kappa shape index (κ2) is 40.2. The topological polar surface area (TPSA) is 91.4 Å². The van der Waals surface area contributed by atoms with E-state index < -0.39 is 12.1 Å². The molecule has 330 valence electrons. The van der Waals surface area contributed by atoms with Crippen molar-refractivity contribution in [3.05, 3.63) is 36.0 Å². The van der Waals surface area contributed by atoms with Crippen LogP contribution >= 0.6 is 0 Å². The van der Waals surface area contributed by atoms with Gasteiger partial charge in [0.05, 0.1) is 12.5 Å². The van der Waals surface area contributed by atoms with Crippen LogP contribution in [0.5, 0.6) is 0 Å². The van der Waals surface area contributed by atoms with Crippen molar-refractivity contribution >= 4 is 18.1 Å². The van der Waals surface area contributed by atoms with Gasteiger partial charge in [-0.2, -0.15) is 0 Å². The van der Waals surface area contributed by atoms with Crippen molar-refractivity contribution in [1.82, 2.24) is 4.90 Å². The summed E-state index contributed by atoms with van der Waals surface area (Å²) in [5.74, 6) is -1.14. The fraction of sp³-hybridized carbons (Fsp3) is 0.816. The number of hydrogen-bond donors (Lipinski definition) is 0. The summed E-state index contributed by atoms with van der Waals surface area (Å²) in [6.07, 6.45) is 42.3. The summed E-state index contributed by atoms with van der Waals surface area (Å²) in [5.41, 5.74) is 1.15. The summed E-state index contributed by atoms with van der Waals surface area (Å²) in [6, 6.07) is 0. The van der Waals surface area contributed by atoms with Gasteiger partial charge in [-0.05, 0) is 96.6 Å². The lowest BCUT2D eigenvalue weighted by molar-refractivity contribution is -0.148. The average Bonchev–Trinajstić information content (AvgIpc) is 3.22. The summed E-state index contributed by atoms with van der Waals surface area (Å²) in [4.78, 5) is 40.6. The Labute approximate surface area is 350 Å². The number of nitrogens with zero attached hydrogens (tertiary/aromatic N) is 1. The number of carbonyl (C=O) groups is 3. The summed E-state index contributed by atoms with van der Waals surface area (Å²) < 4.78 is 22.1. The fourth-order valence-electron chi connectivity index (χ4n) is 7.13. The van der Waals surface area contributed by atoms with Crippen molar-refractivity contribution < 1.29 is 33.3 Å². The van der Waals surface area contributed by atoms with Gasteiger partial charge in [0, 0.05) is 19.0 Å². The third-order valence-corrected chi connectivity index (χ3v) is 10.8. The van der Waals surface area contributed by atoms with Crippen LogP contribution in [-0.4, -0.2) is 69.1 Å². The Balaban J connectivity index is 2.54. The molecule has 1 unspecified atom stereocenters. The highest BCUT2D eigenvalue weighted by atomic mass is 16.7. The molecular weight excluding hydrogens is 715 g/mol. The monoisotopic (exact) mass is 802 g/mol. The zero-order chi connectivity index (χ0) is 41.3. The van der Waals surface area contributed by atoms with Crippen LogP contribution in [0.2, 0.25) is 0 Å². The smallest absolute Gasteiger partial charge is 0.465 e. The highest BCUT2D eigenvalue weighted by Crippen LogP contribution is 2.19. The van der Waals surface area contributed by atoms with Crippen molar-refractivity contribution in [2.24, 2.45) is 5.92 Å². The number of unbranched alkanes of at least 4 members (excludes halogenated alkanes) is 17. The second-order valence-electron chi connectivity index (χ2n) is 16.3. The zero-order valence-corrected chi connectivity index (χ0v) is 37.2. The minimum absolute atomic E-state index is 0.00462. The molecule has 0 aromatic carbocycles. The Bertz CT molecular complexity index is 1050. The van der Waals surface area contributed by atoms with Gasteiger partial charge < -0.3 is 23.8 Å². The summed E-state index contributed by atoms with van der Waals surface area (Å²) in [6.45, 7) is 10.1. The molecule has 8 heteroatoms. The van der Waals surface area contributed by atoms with E-state index in [1.165, 1.54) is 103 Å². The van der Waals surface area contributed by atoms with E-state index in [1.54, 1.807) is 6.08 Å². The lowest BCUT2D eigenvalue weighted by atomic mass is 9.99. The summed E-state index contributed by atoms with van der Waals surface area (Å²) in [7, 11) is 0. The molecule has 1 heterocycles. The molecule has 0 spiro atoms. The normalized spacial score (nSPS) is 14.3. The largest absolute Gasteiger partial charge is 0.508 e. The fourth-order valence-corrected chi connectivity index (χ4v) is 7.13. The van der Waals surface area contributed by atoms with Crippen LogP contribution in [0.25, 0.3) is 0 Å². The van der Waals surface area contributed by atoms with Gasteiger partial charge in [0.25, 0.3) is 0 Å². The molecule has 57 heavy (non-hydrogen) atoms. The van der Waals surface area contributed by atoms with Crippen LogP contribution in [0.15, 0.2) is 36.0 Å². The molecule has 1 saturated heterocycles. The first-order valence-corrected chi connectivity index (χ1v) is 23.8. The van der Waals surface area contributed by atoms with E-state index in [-0.39, 0.29) is 31.8 Å². The molecule has 0 bridgehead atoms. The molecule has 1 aliphatic rings. The predicted octanol–water partition coefficient (Wildman–Crippen LogP) is 13.6. The number of esters is 2. The lowest BCUT2D eigenvalue weighted by Crippen LogP contribution is -2.31. The maximum atomic E-state index is 13.1. The minimum Gasteiger partial charge on any atom is -0.465 e. The highest BCUT2D eigenvalue weighted by molar-refractivity contribution is 5.82. The Morgan fingerprint density at radius 1 is 0.526 bits per heavy atom. The average molecular weight is 802 g/mol. The van der Waals surface area contributed by atoms with Crippen LogP contribution in [0.1, 0.15) is 207 Å². The Hall–Kier alpha value is -2.61. The third-order valence-electron chi connectivity index (χ3n) is 10.8. The molecule has 0 aromatic rings. The van der Waals surface area contributed by atoms with E-state index in [4.69, 9.17) is 18.9 Å². The Kier molecular flexibility index (Phi) is 36.9. The SMILES string of the molecule is CCCCC/C=C\C/C=C\CCCCCCCC(=O)OCC(COC(=O)/C=C(\CCCCCCC)CCCCCCCC)COC(=O)OCCCN1CCCCC1. The molecule has 8 nitrogen and oxygen atoms in total. The first-order valence-electron chi connectivity index (χ1n) is 23.8. The lowest BCUT2D eigenvalue weighted by Gasteiger charge is -2.26. The predicted molar refractivity (Wildman–Crippen MR) is 236 cm³/mol. The minimum atomic E-state index is -0.745. The van der Waals surface area contributed by atoms with Gasteiger partial charge in [-0.1, -0.05) is 147 Å². The van der Waals surface area contributed by atoms with E-state index in [2.05, 4.69) is 50.0 Å². The van der Waals surface area contributed by atoms with Gasteiger partial charge in [0.1, 0.15) is 19.8 Å². The number of ether oxygens (including phenoxy) is 4. The van der Waals surface area contributed by atoms with Crippen LogP contribution in [0.4, 0.5) is 4.79 Å². The van der Waals surface area contributed by atoms with Gasteiger partial charge in [0.2, 0.25) is 0 Å². The number of allylic oxidation sites excluding steroid dienone is 5. The maximum Gasteiger partial charge on any atom is 0.508 e. The molecule has 1 fully saturated rings. The first kappa shape index (κ1) is 52.4. The molecule has 0 aromatic heterocycles. The molecule has 0 N–H and O–H groups in total. The van der Waals surface area contributed by atoms with Crippen LogP contribution in [0.3, 0.4) is 0 Å². The number of likely N-dealkylation sites (tertiary alicyclic amines) is 1. The molecule has 0 saturated carbocycles. The number of piperidine rings is 1. The quantitative estimate of drug-likeness (QED) is 0.0200. The van der Waals surface area contributed by atoms with Crippen molar-refractivity contribution in [3.63, 3.8) is 0 Å². The van der Waals surface area contributed by atoms with Gasteiger partial charge in [0.15, 0.2) is 0 Å². The standard InChI is InChI=1S/C49H87NO7/c1-4-7-10-13-15-16-17-18-19-20-21-22-23-26-30-36-47(51)55-42-46(44-57-49(53)54-40-33-39-50-37-31-27-32-38-50)43-56-48(52)41-45(34-28-24-12-9-6-3)35-29-25-14-11-8-5-2/h15-16,18-19,41,46H,4-14,17,20-40,42-44H2,1-3H3/b16-15-,19-18-,45-41+. The van der Waals surface area contributed by atoms with Crippen molar-refractivity contribution in [2.75, 3.05) is 46.1 Å². The molecule has 1 rings (SSSR count). The van der Waals surface area contributed by atoms with E-state index in [1.807, 2.05) is 0 Å². The second-order valence-corrected chi connectivity index (χ2v) is 16.3. The molecular formula is C49H87NO7. The van der Waals surface area contributed by atoms with Gasteiger partial charge in [-0.15, -0.1) is 0 Å². The van der Waals surface area contributed by atoms with Gasteiger partial charge in [-0.3, -0.25) is 4.79 Å². The Morgan fingerprint density at radius 2 is 1.04 bits per heavy atom. The van der Waals surface area contributed by atoms with Crippen molar-refractivity contribution in [2.45, 2.75) is 207 Å². The molecule has 1 atom stereocenters. The van der Waals surface area contributed by atoms with E-state index in [9.17, 15) is 14.4 Å². The van der Waals surface area contributed by atoms with E-state index >= 15 is 0 Å². The molecule has 0 radical (unpaired) electrons. The summed E-state index contributed by atoms with van der Waals surface area (Å²) in [5, 5.41) is 0. The number of carbonyl (C=O) groups excluding carboxylic acids is 3. The first-order chi connectivity index (χ1) is 28.0. The zero-order valence-electron chi connectivity index (χ0n) is 37.2.